The van der Waals surface area contributed by atoms with E-state index in [2.05, 4.69) is 11.7 Å². The quantitative estimate of drug-likeness (QED) is 0.724. The molecule has 116 valence electrons. The summed E-state index contributed by atoms with van der Waals surface area (Å²) in [5, 5.41) is 0. The van der Waals surface area contributed by atoms with Gasteiger partial charge >= 0.3 is 5.97 Å². The topological polar surface area (TPSA) is 59.8 Å². The fourth-order valence-corrected chi connectivity index (χ4v) is 2.43. The number of esters is 1. The molecule has 0 spiro atoms. The van der Waals surface area contributed by atoms with Crippen LogP contribution in [-0.2, 0) is 20.7 Å². The minimum absolute atomic E-state index is 0.00876. The Hall–Kier alpha value is -1.78. The minimum Gasteiger partial charge on any atom is -0.468 e. The molecule has 5 nitrogen and oxygen atoms in total. The average molecular weight is 293 g/mol. The second-order valence-corrected chi connectivity index (χ2v) is 5.61. The van der Waals surface area contributed by atoms with Gasteiger partial charge in [0, 0.05) is 25.3 Å². The van der Waals surface area contributed by atoms with Crippen LogP contribution in [-0.4, -0.2) is 37.0 Å². The minimum atomic E-state index is -0.395. The molecule has 2 unspecified atom stereocenters. The smallest absolute Gasteiger partial charge is 0.325 e. The average Bonchev–Trinajstić information content (AvgIpc) is 3.03. The van der Waals surface area contributed by atoms with Crippen molar-refractivity contribution in [2.75, 3.05) is 20.2 Å². The summed E-state index contributed by atoms with van der Waals surface area (Å²) in [7, 11) is 1.32. The zero-order valence-electron chi connectivity index (χ0n) is 12.9. The van der Waals surface area contributed by atoms with Crippen molar-refractivity contribution in [1.82, 2.24) is 4.90 Å². The molecule has 0 aromatic carbocycles. The van der Waals surface area contributed by atoms with Crippen LogP contribution in [0.4, 0.5) is 0 Å². The fourth-order valence-electron chi connectivity index (χ4n) is 2.43. The first-order chi connectivity index (χ1) is 10.0. The Labute approximate surface area is 125 Å². The van der Waals surface area contributed by atoms with E-state index in [0.717, 1.165) is 11.5 Å². The van der Waals surface area contributed by atoms with Gasteiger partial charge in [-0.1, -0.05) is 6.92 Å². The number of hydrogen-bond acceptors (Lipinski definition) is 4. The van der Waals surface area contributed by atoms with E-state index in [-0.39, 0.29) is 12.5 Å². The molecule has 1 heterocycles. The van der Waals surface area contributed by atoms with Gasteiger partial charge in [-0.05, 0) is 31.4 Å². The summed E-state index contributed by atoms with van der Waals surface area (Å²) in [6.45, 7) is 4.56. The maximum Gasteiger partial charge on any atom is 0.325 e. The second kappa shape index (κ2) is 6.78. The molecule has 0 bridgehead atoms. The molecular formula is C16H23NO4. The highest BCUT2D eigenvalue weighted by molar-refractivity contribution is 5.82. The van der Waals surface area contributed by atoms with Crippen molar-refractivity contribution in [3.05, 3.63) is 23.7 Å². The summed E-state index contributed by atoms with van der Waals surface area (Å²) < 4.78 is 10.4. The molecule has 0 saturated heterocycles. The number of hydrogen-bond donors (Lipinski definition) is 0. The van der Waals surface area contributed by atoms with E-state index in [4.69, 9.17) is 4.42 Å². The molecule has 2 rings (SSSR count). The zero-order chi connectivity index (χ0) is 15.4. The molecule has 0 aliphatic heterocycles. The second-order valence-electron chi connectivity index (χ2n) is 5.61. The van der Waals surface area contributed by atoms with Gasteiger partial charge < -0.3 is 14.1 Å². The van der Waals surface area contributed by atoms with E-state index in [9.17, 15) is 9.59 Å². The summed E-state index contributed by atoms with van der Waals surface area (Å²) in [6.07, 6.45) is 2.10. The fraction of sp³-hybridized carbons (Fsp3) is 0.625. The third kappa shape index (κ3) is 4.09. The number of likely N-dealkylation sites (N-methyl/N-ethyl adjacent to an activating group) is 1. The van der Waals surface area contributed by atoms with Gasteiger partial charge in [0.2, 0.25) is 5.91 Å². The normalized spacial score (nSPS) is 20.1. The summed E-state index contributed by atoms with van der Waals surface area (Å²) in [6, 6.07) is 3.96. The molecule has 1 saturated carbocycles. The Morgan fingerprint density at radius 2 is 2.14 bits per heavy atom. The lowest BCUT2D eigenvalue weighted by molar-refractivity contribution is -0.146. The van der Waals surface area contributed by atoms with Crippen LogP contribution in [0.1, 0.15) is 44.1 Å². The number of furan rings is 1. The van der Waals surface area contributed by atoms with E-state index in [1.165, 1.54) is 18.4 Å². The summed E-state index contributed by atoms with van der Waals surface area (Å²) in [5.74, 6) is 2.69. The van der Waals surface area contributed by atoms with E-state index in [1.54, 1.807) is 0 Å². The highest BCUT2D eigenvalue weighted by Crippen LogP contribution is 2.47. The van der Waals surface area contributed by atoms with E-state index in [1.807, 2.05) is 19.1 Å². The highest BCUT2D eigenvalue weighted by Gasteiger charge is 2.36. The van der Waals surface area contributed by atoms with Crippen molar-refractivity contribution in [1.29, 1.82) is 0 Å². The number of amides is 1. The number of nitrogens with zero attached hydrogens (tertiary/aromatic N) is 1. The Morgan fingerprint density at radius 3 is 2.71 bits per heavy atom. The van der Waals surface area contributed by atoms with Crippen LogP contribution in [0.3, 0.4) is 0 Å². The Balaban J connectivity index is 1.82. The van der Waals surface area contributed by atoms with Crippen molar-refractivity contribution in [2.45, 2.75) is 39.0 Å². The third-order valence-corrected chi connectivity index (χ3v) is 4.02. The molecule has 5 heteroatoms. The molecule has 0 radical (unpaired) electrons. The molecule has 1 aromatic heterocycles. The summed E-state index contributed by atoms with van der Waals surface area (Å²) in [5.41, 5.74) is 0. The number of carbonyl (C=O) groups is 2. The van der Waals surface area contributed by atoms with E-state index in [0.29, 0.717) is 31.2 Å². The van der Waals surface area contributed by atoms with Crippen LogP contribution in [0.5, 0.6) is 0 Å². The Bertz CT molecular complexity index is 508. The first-order valence-electron chi connectivity index (χ1n) is 7.48. The molecule has 0 N–H and O–H groups in total. The molecule has 1 fully saturated rings. The van der Waals surface area contributed by atoms with Crippen LogP contribution in [0.25, 0.3) is 0 Å². The Morgan fingerprint density at radius 1 is 1.43 bits per heavy atom. The first kappa shape index (κ1) is 15.6. The van der Waals surface area contributed by atoms with Gasteiger partial charge in [0.25, 0.3) is 0 Å². The van der Waals surface area contributed by atoms with Crippen LogP contribution in [0.2, 0.25) is 0 Å². The Kier molecular flexibility index (Phi) is 5.04. The largest absolute Gasteiger partial charge is 0.468 e. The van der Waals surface area contributed by atoms with Crippen molar-refractivity contribution >= 4 is 11.9 Å². The lowest BCUT2D eigenvalue weighted by Crippen LogP contribution is -2.36. The van der Waals surface area contributed by atoms with Gasteiger partial charge in [-0.2, -0.15) is 0 Å². The summed E-state index contributed by atoms with van der Waals surface area (Å²) in [4.78, 5) is 24.8. The van der Waals surface area contributed by atoms with Crippen molar-refractivity contribution < 1.29 is 18.7 Å². The van der Waals surface area contributed by atoms with Gasteiger partial charge in [-0.25, -0.2) is 0 Å². The van der Waals surface area contributed by atoms with Gasteiger partial charge in [0.05, 0.1) is 7.11 Å². The molecular weight excluding hydrogens is 270 g/mol. The van der Waals surface area contributed by atoms with Crippen molar-refractivity contribution in [3.63, 3.8) is 0 Å². The maximum atomic E-state index is 12.1. The number of carbonyl (C=O) groups excluding carboxylic acids is 2. The monoisotopic (exact) mass is 293 g/mol. The number of aryl methyl sites for hydroxylation is 1. The van der Waals surface area contributed by atoms with Gasteiger partial charge in [-0.15, -0.1) is 0 Å². The number of methoxy groups -OCH3 is 1. The van der Waals surface area contributed by atoms with Crippen LogP contribution in [0.15, 0.2) is 16.5 Å². The zero-order valence-corrected chi connectivity index (χ0v) is 12.9. The standard InChI is InChI=1S/C16H23NO4/c1-4-17(10-16(19)20-3)15(18)8-6-12-5-7-14(21-12)13-9-11(13)2/h5,7,11,13H,4,6,8-10H2,1-3H3. The summed E-state index contributed by atoms with van der Waals surface area (Å²) >= 11 is 0. The molecule has 1 amide bonds. The predicted molar refractivity (Wildman–Crippen MR) is 77.8 cm³/mol. The lowest BCUT2D eigenvalue weighted by atomic mass is 10.2. The van der Waals surface area contributed by atoms with Gasteiger partial charge in [-0.3, -0.25) is 9.59 Å². The molecule has 2 atom stereocenters. The highest BCUT2D eigenvalue weighted by atomic mass is 16.5. The number of ether oxygens (including phenoxy) is 1. The van der Waals surface area contributed by atoms with E-state index >= 15 is 0 Å². The van der Waals surface area contributed by atoms with E-state index < -0.39 is 5.97 Å². The van der Waals surface area contributed by atoms with Crippen molar-refractivity contribution in [3.8, 4) is 0 Å². The first-order valence-corrected chi connectivity index (χ1v) is 7.48. The molecule has 1 aromatic rings. The SMILES string of the molecule is CCN(CC(=O)OC)C(=O)CCc1ccc(C2CC2C)o1. The van der Waals surface area contributed by atoms with Crippen molar-refractivity contribution in [2.24, 2.45) is 5.92 Å². The predicted octanol–water partition coefficient (Wildman–Crippen LogP) is 2.36. The molecule has 1 aliphatic rings. The lowest BCUT2D eigenvalue weighted by Gasteiger charge is -2.19. The van der Waals surface area contributed by atoms with Crippen LogP contribution >= 0.6 is 0 Å². The maximum absolute atomic E-state index is 12.1. The van der Waals surface area contributed by atoms with Gasteiger partial charge in [0.1, 0.15) is 18.1 Å². The van der Waals surface area contributed by atoms with Gasteiger partial charge in [0.15, 0.2) is 0 Å². The molecule has 1 aliphatic carbocycles. The third-order valence-electron chi connectivity index (χ3n) is 4.02. The molecule has 21 heavy (non-hydrogen) atoms. The van der Waals surface area contributed by atoms with Crippen LogP contribution in [0, 0.1) is 5.92 Å². The van der Waals surface area contributed by atoms with Crippen LogP contribution < -0.4 is 0 Å². The number of rotatable bonds is 7.